The van der Waals surface area contributed by atoms with Gasteiger partial charge in [0.15, 0.2) is 0 Å². The summed E-state index contributed by atoms with van der Waals surface area (Å²) < 4.78 is 0. The molecule has 1 aliphatic carbocycles. The molecule has 2 aliphatic rings. The smallest absolute Gasteiger partial charge is 0.225 e. The van der Waals surface area contributed by atoms with E-state index in [2.05, 4.69) is 5.32 Å². The van der Waals surface area contributed by atoms with Gasteiger partial charge in [0.05, 0.1) is 12.0 Å². The number of carbonyl (C=O) groups is 2. The first kappa shape index (κ1) is 16.3. The van der Waals surface area contributed by atoms with E-state index in [0.29, 0.717) is 25.4 Å². The third kappa shape index (κ3) is 4.99. The minimum Gasteiger partial charge on any atom is -0.391 e. The molecule has 0 radical (unpaired) electrons. The number of nitrogens with zero attached hydrogens (tertiary/aromatic N) is 1. The van der Waals surface area contributed by atoms with Crippen molar-refractivity contribution in [3.63, 3.8) is 0 Å². The number of nitrogens with one attached hydrogen (secondary N) is 1. The highest BCUT2D eigenvalue weighted by atomic mass is 16.3. The molecule has 0 aromatic rings. The Balaban J connectivity index is 1.75. The Bertz CT molecular complexity index is 380. The van der Waals surface area contributed by atoms with Crippen molar-refractivity contribution in [2.45, 2.75) is 52.1 Å². The van der Waals surface area contributed by atoms with Crippen molar-refractivity contribution >= 4 is 11.8 Å². The highest BCUT2D eigenvalue weighted by Gasteiger charge is 2.36. The Morgan fingerprint density at radius 3 is 2.57 bits per heavy atom. The van der Waals surface area contributed by atoms with Gasteiger partial charge in [0.25, 0.3) is 0 Å². The largest absolute Gasteiger partial charge is 0.391 e. The molecule has 2 rings (SSSR count). The maximum Gasteiger partial charge on any atom is 0.225 e. The van der Waals surface area contributed by atoms with Gasteiger partial charge in [-0.15, -0.1) is 0 Å². The number of amides is 2. The Kier molecular flexibility index (Phi) is 5.62. The third-order valence-electron chi connectivity index (χ3n) is 4.29. The molecule has 1 aliphatic heterocycles. The van der Waals surface area contributed by atoms with Gasteiger partial charge in [-0.2, -0.15) is 0 Å². The molecule has 2 unspecified atom stereocenters. The van der Waals surface area contributed by atoms with Crippen molar-refractivity contribution in [1.82, 2.24) is 10.2 Å². The maximum absolute atomic E-state index is 12.2. The van der Waals surface area contributed by atoms with Crippen LogP contribution in [-0.4, -0.2) is 47.6 Å². The van der Waals surface area contributed by atoms with E-state index < -0.39 is 6.10 Å². The molecule has 1 saturated heterocycles. The second-order valence-corrected chi connectivity index (χ2v) is 6.93. The average Bonchev–Trinajstić information content (AvgIpc) is 3.28. The van der Waals surface area contributed by atoms with E-state index in [9.17, 15) is 14.7 Å². The second-order valence-electron chi connectivity index (χ2n) is 6.93. The van der Waals surface area contributed by atoms with E-state index >= 15 is 0 Å². The molecule has 21 heavy (non-hydrogen) atoms. The molecule has 1 saturated carbocycles. The van der Waals surface area contributed by atoms with Crippen molar-refractivity contribution < 1.29 is 14.7 Å². The molecule has 0 bridgehead atoms. The van der Waals surface area contributed by atoms with Gasteiger partial charge < -0.3 is 15.3 Å². The molecule has 5 nitrogen and oxygen atoms in total. The lowest BCUT2D eigenvalue weighted by Crippen LogP contribution is -2.47. The van der Waals surface area contributed by atoms with E-state index in [4.69, 9.17) is 0 Å². The number of aliphatic hydroxyl groups is 1. The first-order chi connectivity index (χ1) is 9.97. The molecule has 120 valence electrons. The van der Waals surface area contributed by atoms with E-state index in [0.717, 1.165) is 32.2 Å². The zero-order chi connectivity index (χ0) is 15.4. The Morgan fingerprint density at radius 1 is 1.24 bits per heavy atom. The maximum atomic E-state index is 12.2. The van der Waals surface area contributed by atoms with Crippen LogP contribution in [-0.2, 0) is 9.59 Å². The van der Waals surface area contributed by atoms with Crippen molar-refractivity contribution in [1.29, 1.82) is 0 Å². The minimum absolute atomic E-state index is 0.0221. The summed E-state index contributed by atoms with van der Waals surface area (Å²) in [4.78, 5) is 26.1. The van der Waals surface area contributed by atoms with Gasteiger partial charge in [-0.05, 0) is 38.0 Å². The van der Waals surface area contributed by atoms with Gasteiger partial charge in [0, 0.05) is 25.6 Å². The van der Waals surface area contributed by atoms with E-state index in [1.165, 1.54) is 0 Å². The molecule has 5 heteroatoms. The summed E-state index contributed by atoms with van der Waals surface area (Å²) in [6.45, 7) is 5.74. The predicted octanol–water partition coefficient (Wildman–Crippen LogP) is 1.16. The van der Waals surface area contributed by atoms with Crippen LogP contribution in [0.5, 0.6) is 0 Å². The normalized spacial score (nSPS) is 24.0. The third-order valence-corrected chi connectivity index (χ3v) is 4.29. The van der Waals surface area contributed by atoms with E-state index in [1.807, 2.05) is 18.7 Å². The Morgan fingerprint density at radius 2 is 1.95 bits per heavy atom. The summed E-state index contributed by atoms with van der Waals surface area (Å²) in [5.41, 5.74) is 0. The Hall–Kier alpha value is -1.10. The fourth-order valence-electron chi connectivity index (χ4n) is 2.97. The molecule has 1 heterocycles. The zero-order valence-corrected chi connectivity index (χ0v) is 13.2. The van der Waals surface area contributed by atoms with E-state index in [1.54, 1.807) is 0 Å². The lowest BCUT2D eigenvalue weighted by molar-refractivity contribution is -0.136. The second kappa shape index (κ2) is 7.25. The van der Waals surface area contributed by atoms with Gasteiger partial charge >= 0.3 is 0 Å². The van der Waals surface area contributed by atoms with Gasteiger partial charge in [-0.25, -0.2) is 0 Å². The first-order valence-electron chi connectivity index (χ1n) is 8.22. The van der Waals surface area contributed by atoms with Gasteiger partial charge in [0.1, 0.15) is 0 Å². The van der Waals surface area contributed by atoms with Crippen LogP contribution in [0.3, 0.4) is 0 Å². The summed E-state index contributed by atoms with van der Waals surface area (Å²) in [5.74, 6) is 0.726. The highest BCUT2D eigenvalue weighted by Crippen LogP contribution is 2.32. The molecule has 0 aromatic carbocycles. The summed E-state index contributed by atoms with van der Waals surface area (Å²) >= 11 is 0. The number of hydrogen-bond acceptors (Lipinski definition) is 3. The Labute approximate surface area is 127 Å². The van der Waals surface area contributed by atoms with Crippen molar-refractivity contribution in [3.05, 3.63) is 0 Å². The minimum atomic E-state index is -0.485. The lowest BCUT2D eigenvalue weighted by Gasteiger charge is -2.32. The summed E-state index contributed by atoms with van der Waals surface area (Å²) in [7, 11) is 0. The van der Waals surface area contributed by atoms with Crippen LogP contribution < -0.4 is 5.32 Å². The number of hydrogen-bond donors (Lipinski definition) is 2. The highest BCUT2D eigenvalue weighted by molar-refractivity contribution is 5.83. The van der Waals surface area contributed by atoms with Gasteiger partial charge in [-0.3, -0.25) is 9.59 Å². The van der Waals surface area contributed by atoms with Crippen LogP contribution >= 0.6 is 0 Å². The zero-order valence-electron chi connectivity index (χ0n) is 13.2. The lowest BCUT2D eigenvalue weighted by atomic mass is 9.96. The fraction of sp³-hybridized carbons (Fsp3) is 0.875. The number of rotatable bonds is 6. The first-order valence-corrected chi connectivity index (χ1v) is 8.22. The summed E-state index contributed by atoms with van der Waals surface area (Å²) in [5, 5.41) is 12.6. The molecule has 2 amide bonds. The summed E-state index contributed by atoms with van der Waals surface area (Å²) in [6, 6.07) is 0. The fourth-order valence-corrected chi connectivity index (χ4v) is 2.97. The number of likely N-dealkylation sites (tertiary alicyclic amines) is 1. The van der Waals surface area contributed by atoms with Crippen LogP contribution in [0.2, 0.25) is 0 Å². The standard InChI is InChI=1S/C16H28N2O3/c1-11(2)8-14(19)9-17-15(20)13-4-3-7-18(10-13)16(21)12-5-6-12/h11-14,19H,3-10H2,1-2H3,(H,17,20). The van der Waals surface area contributed by atoms with Crippen LogP contribution in [0.15, 0.2) is 0 Å². The van der Waals surface area contributed by atoms with Crippen LogP contribution in [0.25, 0.3) is 0 Å². The summed E-state index contributed by atoms with van der Waals surface area (Å²) in [6.07, 6.45) is 3.95. The van der Waals surface area contributed by atoms with E-state index in [-0.39, 0.29) is 23.7 Å². The van der Waals surface area contributed by atoms with Crippen molar-refractivity contribution in [2.75, 3.05) is 19.6 Å². The SMILES string of the molecule is CC(C)CC(O)CNC(=O)C1CCCN(C(=O)C2CC2)C1. The predicted molar refractivity (Wildman–Crippen MR) is 80.5 cm³/mol. The molecule has 0 spiro atoms. The molecule has 2 N–H and O–H groups in total. The quantitative estimate of drug-likeness (QED) is 0.773. The number of aliphatic hydroxyl groups excluding tert-OH is 1. The molecule has 2 atom stereocenters. The van der Waals surface area contributed by atoms with Crippen molar-refractivity contribution in [2.24, 2.45) is 17.8 Å². The molecular weight excluding hydrogens is 268 g/mol. The molecule has 0 aromatic heterocycles. The number of carbonyl (C=O) groups excluding carboxylic acids is 2. The molecule has 2 fully saturated rings. The molecular formula is C16H28N2O3. The average molecular weight is 296 g/mol. The number of piperidine rings is 1. The van der Waals surface area contributed by atoms with Crippen LogP contribution in [0.1, 0.15) is 46.0 Å². The van der Waals surface area contributed by atoms with Gasteiger partial charge in [0.2, 0.25) is 11.8 Å². The van der Waals surface area contributed by atoms with Crippen LogP contribution in [0, 0.1) is 17.8 Å². The van der Waals surface area contributed by atoms with Crippen LogP contribution in [0.4, 0.5) is 0 Å². The monoisotopic (exact) mass is 296 g/mol. The van der Waals surface area contributed by atoms with Gasteiger partial charge in [-0.1, -0.05) is 13.8 Å². The van der Waals surface area contributed by atoms with Crippen molar-refractivity contribution in [3.8, 4) is 0 Å². The topological polar surface area (TPSA) is 69.6 Å².